The summed E-state index contributed by atoms with van der Waals surface area (Å²) in [4.78, 5) is 12.1. The average molecular weight is 329 g/mol. The van der Waals surface area contributed by atoms with Gasteiger partial charge in [-0.25, -0.2) is 0 Å². The van der Waals surface area contributed by atoms with Crippen molar-refractivity contribution >= 4 is 11.6 Å². The number of methoxy groups -OCH3 is 1. The number of anilines is 1. The molecule has 0 saturated carbocycles. The third-order valence-corrected chi connectivity index (χ3v) is 3.38. The molecular weight excluding hydrogens is 306 g/mol. The van der Waals surface area contributed by atoms with Gasteiger partial charge in [0.25, 0.3) is 5.91 Å². The molecule has 1 amide bonds. The van der Waals surface area contributed by atoms with Crippen molar-refractivity contribution in [2.24, 2.45) is 0 Å². The molecule has 0 heterocycles. The van der Waals surface area contributed by atoms with Crippen molar-refractivity contribution in [1.29, 1.82) is 0 Å². The van der Waals surface area contributed by atoms with E-state index in [4.69, 9.17) is 14.2 Å². The van der Waals surface area contributed by atoms with Crippen LogP contribution >= 0.6 is 0 Å². The van der Waals surface area contributed by atoms with Crippen LogP contribution in [0.15, 0.2) is 42.5 Å². The molecule has 5 heteroatoms. The monoisotopic (exact) mass is 329 g/mol. The maximum absolute atomic E-state index is 12.1. The maximum Gasteiger partial charge on any atom is 0.262 e. The number of rotatable bonds is 8. The smallest absolute Gasteiger partial charge is 0.262 e. The van der Waals surface area contributed by atoms with Gasteiger partial charge in [-0.1, -0.05) is 18.2 Å². The highest BCUT2D eigenvalue weighted by Gasteiger charge is 2.06. The van der Waals surface area contributed by atoms with Crippen molar-refractivity contribution in [2.75, 3.05) is 32.2 Å². The van der Waals surface area contributed by atoms with Crippen molar-refractivity contribution < 1.29 is 19.0 Å². The molecular formula is C19H23NO4. The highest BCUT2D eigenvalue weighted by Crippen LogP contribution is 2.20. The fraction of sp³-hybridized carbons (Fsp3) is 0.316. The van der Waals surface area contributed by atoms with E-state index in [1.165, 1.54) is 0 Å². The Morgan fingerprint density at radius 3 is 2.67 bits per heavy atom. The van der Waals surface area contributed by atoms with Crippen LogP contribution in [0.1, 0.15) is 11.1 Å². The van der Waals surface area contributed by atoms with Gasteiger partial charge in [0, 0.05) is 18.9 Å². The number of aryl methyl sites for hydroxylation is 2. The summed E-state index contributed by atoms with van der Waals surface area (Å²) in [5.74, 6) is 1.19. The van der Waals surface area contributed by atoms with Crippen LogP contribution in [0.2, 0.25) is 0 Å². The Hall–Kier alpha value is -2.53. The predicted octanol–water partition coefficient (Wildman–Crippen LogP) is 3.35. The predicted molar refractivity (Wildman–Crippen MR) is 93.9 cm³/mol. The fourth-order valence-corrected chi connectivity index (χ4v) is 2.11. The lowest BCUT2D eigenvalue weighted by Gasteiger charge is -2.11. The Labute approximate surface area is 142 Å². The number of ether oxygens (including phenoxy) is 3. The molecule has 1 N–H and O–H groups in total. The minimum absolute atomic E-state index is 0.0426. The van der Waals surface area contributed by atoms with Crippen molar-refractivity contribution in [3.63, 3.8) is 0 Å². The van der Waals surface area contributed by atoms with Crippen LogP contribution in [-0.4, -0.2) is 32.8 Å². The van der Waals surface area contributed by atoms with Crippen LogP contribution in [0, 0.1) is 13.8 Å². The Balaban J connectivity index is 1.88. The lowest BCUT2D eigenvalue weighted by atomic mass is 10.1. The van der Waals surface area contributed by atoms with E-state index in [2.05, 4.69) is 5.32 Å². The number of carbonyl (C=O) groups is 1. The van der Waals surface area contributed by atoms with Crippen molar-refractivity contribution in [3.8, 4) is 11.5 Å². The number of hydrogen-bond donors (Lipinski definition) is 1. The summed E-state index contributed by atoms with van der Waals surface area (Å²) in [6, 6.07) is 13.1. The van der Waals surface area contributed by atoms with E-state index in [9.17, 15) is 4.79 Å². The van der Waals surface area contributed by atoms with Crippen molar-refractivity contribution in [2.45, 2.75) is 13.8 Å². The van der Waals surface area contributed by atoms with Gasteiger partial charge in [0.15, 0.2) is 6.61 Å². The van der Waals surface area contributed by atoms with Gasteiger partial charge in [-0.05, 0) is 43.2 Å². The van der Waals surface area contributed by atoms with Gasteiger partial charge in [0.2, 0.25) is 0 Å². The van der Waals surface area contributed by atoms with Crippen LogP contribution in [-0.2, 0) is 9.53 Å². The molecule has 2 rings (SSSR count). The normalized spacial score (nSPS) is 10.3. The molecule has 2 aromatic carbocycles. The molecule has 0 aliphatic carbocycles. The number of nitrogens with one attached hydrogen (secondary N) is 1. The Morgan fingerprint density at radius 2 is 1.88 bits per heavy atom. The quantitative estimate of drug-likeness (QED) is 0.755. The first-order chi connectivity index (χ1) is 11.6. The van der Waals surface area contributed by atoms with E-state index < -0.39 is 0 Å². The van der Waals surface area contributed by atoms with E-state index in [0.29, 0.717) is 24.7 Å². The van der Waals surface area contributed by atoms with E-state index >= 15 is 0 Å². The molecule has 0 fully saturated rings. The molecule has 0 saturated heterocycles. The molecule has 0 radical (unpaired) electrons. The molecule has 24 heavy (non-hydrogen) atoms. The second-order valence-corrected chi connectivity index (χ2v) is 5.47. The van der Waals surface area contributed by atoms with Crippen LogP contribution in [0.25, 0.3) is 0 Å². The molecule has 0 spiro atoms. The molecule has 0 bridgehead atoms. The molecule has 0 unspecified atom stereocenters. The Morgan fingerprint density at radius 1 is 1.04 bits per heavy atom. The number of benzene rings is 2. The lowest BCUT2D eigenvalue weighted by Crippen LogP contribution is -2.20. The summed E-state index contributed by atoms with van der Waals surface area (Å²) < 4.78 is 16.1. The largest absolute Gasteiger partial charge is 0.491 e. The second-order valence-electron chi connectivity index (χ2n) is 5.47. The van der Waals surface area contributed by atoms with Crippen LogP contribution in [0.5, 0.6) is 11.5 Å². The minimum Gasteiger partial charge on any atom is -0.491 e. The Bertz CT molecular complexity index is 685. The van der Waals surface area contributed by atoms with E-state index in [1.807, 2.05) is 44.2 Å². The molecule has 0 aromatic heterocycles. The number of hydrogen-bond acceptors (Lipinski definition) is 4. The summed E-state index contributed by atoms with van der Waals surface area (Å²) in [6.45, 7) is 4.87. The summed E-state index contributed by atoms with van der Waals surface area (Å²) in [5, 5.41) is 2.80. The number of carbonyl (C=O) groups excluding carboxylic acids is 1. The highest BCUT2D eigenvalue weighted by atomic mass is 16.5. The van der Waals surface area contributed by atoms with Gasteiger partial charge < -0.3 is 19.5 Å². The van der Waals surface area contributed by atoms with Gasteiger partial charge in [0.1, 0.15) is 18.1 Å². The SMILES string of the molecule is COCCOc1cccc(NC(=O)COc2cc(C)ccc2C)c1. The van der Waals surface area contributed by atoms with E-state index in [-0.39, 0.29) is 12.5 Å². The lowest BCUT2D eigenvalue weighted by molar-refractivity contribution is -0.118. The first-order valence-corrected chi connectivity index (χ1v) is 7.80. The van der Waals surface area contributed by atoms with Gasteiger partial charge >= 0.3 is 0 Å². The summed E-state index contributed by atoms with van der Waals surface area (Å²) in [7, 11) is 1.62. The molecule has 5 nitrogen and oxygen atoms in total. The van der Waals surface area contributed by atoms with Gasteiger partial charge in [-0.2, -0.15) is 0 Å². The summed E-state index contributed by atoms with van der Waals surface area (Å²) >= 11 is 0. The third-order valence-electron chi connectivity index (χ3n) is 3.38. The summed E-state index contributed by atoms with van der Waals surface area (Å²) in [6.07, 6.45) is 0. The summed E-state index contributed by atoms with van der Waals surface area (Å²) in [5.41, 5.74) is 2.76. The van der Waals surface area contributed by atoms with Crippen LogP contribution in [0.4, 0.5) is 5.69 Å². The first-order valence-electron chi connectivity index (χ1n) is 7.80. The third kappa shape index (κ3) is 5.59. The fourth-order valence-electron chi connectivity index (χ4n) is 2.11. The standard InChI is InChI=1S/C19H23NO4/c1-14-7-8-15(2)18(11-14)24-13-19(21)20-16-5-4-6-17(12-16)23-10-9-22-3/h4-8,11-12H,9-10,13H2,1-3H3,(H,20,21). The molecule has 2 aromatic rings. The van der Waals surface area contributed by atoms with E-state index in [1.54, 1.807) is 19.2 Å². The van der Waals surface area contributed by atoms with Crippen molar-refractivity contribution in [3.05, 3.63) is 53.6 Å². The average Bonchev–Trinajstić information content (AvgIpc) is 2.56. The van der Waals surface area contributed by atoms with E-state index in [0.717, 1.165) is 16.9 Å². The first kappa shape index (κ1) is 17.8. The molecule has 0 aliphatic heterocycles. The molecule has 128 valence electrons. The van der Waals surface area contributed by atoms with Gasteiger partial charge in [-0.3, -0.25) is 4.79 Å². The zero-order chi connectivity index (χ0) is 17.4. The van der Waals surface area contributed by atoms with Gasteiger partial charge in [-0.15, -0.1) is 0 Å². The molecule has 0 atom stereocenters. The topological polar surface area (TPSA) is 56.8 Å². The second kappa shape index (κ2) is 8.93. The molecule has 0 aliphatic rings. The zero-order valence-corrected chi connectivity index (χ0v) is 14.3. The maximum atomic E-state index is 12.1. The minimum atomic E-state index is -0.218. The Kier molecular flexibility index (Phi) is 6.63. The van der Waals surface area contributed by atoms with Crippen LogP contribution < -0.4 is 14.8 Å². The zero-order valence-electron chi connectivity index (χ0n) is 14.3. The highest BCUT2D eigenvalue weighted by molar-refractivity contribution is 5.92. The van der Waals surface area contributed by atoms with Gasteiger partial charge in [0.05, 0.1) is 6.61 Å². The van der Waals surface area contributed by atoms with Crippen LogP contribution in [0.3, 0.4) is 0 Å². The van der Waals surface area contributed by atoms with Crippen molar-refractivity contribution in [1.82, 2.24) is 0 Å². The number of amides is 1.